The third-order valence-electron chi connectivity index (χ3n) is 3.39. The van der Waals surface area contributed by atoms with E-state index in [2.05, 4.69) is 17.4 Å². The minimum absolute atomic E-state index is 0.0736. The zero-order valence-electron chi connectivity index (χ0n) is 12.6. The molecule has 2 aromatic rings. The van der Waals surface area contributed by atoms with E-state index in [1.807, 2.05) is 49.4 Å². The number of benzene rings is 2. The molecule has 0 aliphatic rings. The van der Waals surface area contributed by atoms with Gasteiger partial charge in [-0.3, -0.25) is 4.79 Å². The molecule has 0 aromatic heterocycles. The third kappa shape index (κ3) is 5.74. The molecule has 2 nitrogen and oxygen atoms in total. The lowest BCUT2D eigenvalue weighted by Gasteiger charge is -2.12. The van der Waals surface area contributed by atoms with Crippen molar-refractivity contribution in [2.75, 3.05) is 0 Å². The van der Waals surface area contributed by atoms with Gasteiger partial charge in [-0.25, -0.2) is 0 Å². The highest BCUT2D eigenvalue weighted by atomic mass is 35.5. The molecule has 0 aliphatic heterocycles. The van der Waals surface area contributed by atoms with Crippen molar-refractivity contribution in [3.05, 3.63) is 76.8 Å². The molecular weight excluding hydrogens is 294 g/mol. The smallest absolute Gasteiger partial charge is 0.244 e. The van der Waals surface area contributed by atoms with Crippen LogP contribution in [0.1, 0.15) is 24.5 Å². The molecule has 0 spiro atoms. The average molecular weight is 314 g/mol. The number of amides is 1. The Labute approximate surface area is 136 Å². The summed E-state index contributed by atoms with van der Waals surface area (Å²) in [5.74, 6) is -0.0736. The van der Waals surface area contributed by atoms with E-state index >= 15 is 0 Å². The van der Waals surface area contributed by atoms with Gasteiger partial charge in [0.05, 0.1) is 0 Å². The van der Waals surface area contributed by atoms with Crippen LogP contribution in [0, 0.1) is 0 Å². The van der Waals surface area contributed by atoms with Crippen LogP contribution >= 0.6 is 11.6 Å². The van der Waals surface area contributed by atoms with Gasteiger partial charge in [0, 0.05) is 17.1 Å². The second-order valence-electron chi connectivity index (χ2n) is 5.32. The largest absolute Gasteiger partial charge is 0.350 e. The lowest BCUT2D eigenvalue weighted by Crippen LogP contribution is -2.31. The zero-order chi connectivity index (χ0) is 15.8. The molecule has 3 heteroatoms. The highest BCUT2D eigenvalue weighted by Gasteiger charge is 2.05. The fourth-order valence-corrected chi connectivity index (χ4v) is 2.26. The standard InChI is InChI=1S/C19H20ClNO/c1-15(7-8-16-5-3-2-4-6-16)21-19(22)14-11-17-9-12-18(20)13-10-17/h2-6,9-15H,7-8H2,1H3,(H,21,22)/b14-11+/t15-/m0/s1. The molecule has 1 amide bonds. The van der Waals surface area contributed by atoms with Crippen molar-refractivity contribution in [2.24, 2.45) is 0 Å². The Morgan fingerprint density at radius 2 is 1.82 bits per heavy atom. The molecule has 0 saturated carbocycles. The van der Waals surface area contributed by atoms with Gasteiger partial charge in [0.25, 0.3) is 0 Å². The van der Waals surface area contributed by atoms with Gasteiger partial charge in [-0.1, -0.05) is 54.1 Å². The maximum atomic E-state index is 11.9. The molecule has 0 heterocycles. The molecule has 0 radical (unpaired) electrons. The van der Waals surface area contributed by atoms with Crippen molar-refractivity contribution in [1.29, 1.82) is 0 Å². The number of rotatable bonds is 6. The van der Waals surface area contributed by atoms with Gasteiger partial charge < -0.3 is 5.32 Å². The van der Waals surface area contributed by atoms with Gasteiger partial charge in [0.2, 0.25) is 5.91 Å². The van der Waals surface area contributed by atoms with Crippen molar-refractivity contribution in [2.45, 2.75) is 25.8 Å². The molecule has 0 bridgehead atoms. The second kappa shape index (κ2) is 8.40. The Kier molecular flexibility index (Phi) is 6.23. The number of carbonyl (C=O) groups excluding carboxylic acids is 1. The van der Waals surface area contributed by atoms with Gasteiger partial charge in [-0.05, 0) is 49.1 Å². The molecule has 0 saturated heterocycles. The monoisotopic (exact) mass is 313 g/mol. The second-order valence-corrected chi connectivity index (χ2v) is 5.76. The van der Waals surface area contributed by atoms with E-state index in [0.717, 1.165) is 18.4 Å². The highest BCUT2D eigenvalue weighted by Crippen LogP contribution is 2.10. The fourth-order valence-electron chi connectivity index (χ4n) is 2.14. The minimum Gasteiger partial charge on any atom is -0.350 e. The summed E-state index contributed by atoms with van der Waals surface area (Å²) in [6, 6.07) is 17.8. The summed E-state index contributed by atoms with van der Waals surface area (Å²) in [5, 5.41) is 3.67. The first kappa shape index (κ1) is 16.3. The molecule has 0 unspecified atom stereocenters. The Morgan fingerprint density at radius 1 is 1.14 bits per heavy atom. The number of aryl methyl sites for hydroxylation is 1. The van der Waals surface area contributed by atoms with Crippen LogP contribution in [-0.2, 0) is 11.2 Å². The topological polar surface area (TPSA) is 29.1 Å². The molecule has 2 aromatic carbocycles. The molecule has 1 N–H and O–H groups in total. The predicted octanol–water partition coefficient (Wildman–Crippen LogP) is 4.49. The summed E-state index contributed by atoms with van der Waals surface area (Å²) in [6.07, 6.45) is 5.23. The van der Waals surface area contributed by atoms with Gasteiger partial charge in [-0.2, -0.15) is 0 Å². The molecule has 2 rings (SSSR count). The minimum atomic E-state index is -0.0736. The first-order valence-corrected chi connectivity index (χ1v) is 7.79. The van der Waals surface area contributed by atoms with E-state index in [4.69, 9.17) is 11.6 Å². The summed E-state index contributed by atoms with van der Waals surface area (Å²) < 4.78 is 0. The summed E-state index contributed by atoms with van der Waals surface area (Å²) in [6.45, 7) is 2.02. The Morgan fingerprint density at radius 3 is 2.50 bits per heavy atom. The molecule has 1 atom stereocenters. The van der Waals surface area contributed by atoms with Crippen LogP contribution in [0.15, 0.2) is 60.7 Å². The SMILES string of the molecule is C[C@@H](CCc1ccccc1)NC(=O)/C=C/c1ccc(Cl)cc1. The lowest BCUT2D eigenvalue weighted by atomic mass is 10.1. The van der Waals surface area contributed by atoms with E-state index in [9.17, 15) is 4.79 Å². The predicted molar refractivity (Wildman–Crippen MR) is 92.9 cm³/mol. The van der Waals surface area contributed by atoms with Crippen LogP contribution in [0.25, 0.3) is 6.08 Å². The highest BCUT2D eigenvalue weighted by molar-refractivity contribution is 6.30. The number of hydrogen-bond acceptors (Lipinski definition) is 1. The van der Waals surface area contributed by atoms with Crippen LogP contribution < -0.4 is 5.32 Å². The van der Waals surface area contributed by atoms with E-state index in [-0.39, 0.29) is 11.9 Å². The first-order chi connectivity index (χ1) is 10.6. The van der Waals surface area contributed by atoms with E-state index < -0.39 is 0 Å². The van der Waals surface area contributed by atoms with Crippen molar-refractivity contribution < 1.29 is 4.79 Å². The van der Waals surface area contributed by atoms with E-state index in [0.29, 0.717) is 5.02 Å². The van der Waals surface area contributed by atoms with Gasteiger partial charge >= 0.3 is 0 Å². The molecule has 0 aliphatic carbocycles. The lowest BCUT2D eigenvalue weighted by molar-refractivity contribution is -0.117. The summed E-state index contributed by atoms with van der Waals surface area (Å²) in [5.41, 5.74) is 2.25. The fraction of sp³-hybridized carbons (Fsp3) is 0.211. The normalized spacial score (nSPS) is 12.3. The van der Waals surface area contributed by atoms with Crippen LogP contribution in [0.5, 0.6) is 0 Å². The summed E-state index contributed by atoms with van der Waals surface area (Å²) in [7, 11) is 0. The number of nitrogens with one attached hydrogen (secondary N) is 1. The third-order valence-corrected chi connectivity index (χ3v) is 3.65. The zero-order valence-corrected chi connectivity index (χ0v) is 13.4. The number of carbonyl (C=O) groups is 1. The quantitative estimate of drug-likeness (QED) is 0.782. The van der Waals surface area contributed by atoms with Gasteiger partial charge in [0.1, 0.15) is 0 Å². The van der Waals surface area contributed by atoms with Crippen LogP contribution in [0.4, 0.5) is 0 Å². The maximum absolute atomic E-state index is 11.9. The summed E-state index contributed by atoms with van der Waals surface area (Å²) >= 11 is 5.83. The van der Waals surface area contributed by atoms with Crippen LogP contribution in [-0.4, -0.2) is 11.9 Å². The van der Waals surface area contributed by atoms with Crippen molar-refractivity contribution in [3.63, 3.8) is 0 Å². The Bertz CT molecular complexity index is 620. The summed E-state index contributed by atoms with van der Waals surface area (Å²) in [4.78, 5) is 11.9. The number of hydrogen-bond donors (Lipinski definition) is 1. The van der Waals surface area contributed by atoms with Gasteiger partial charge in [0.15, 0.2) is 0 Å². The molecule has 22 heavy (non-hydrogen) atoms. The average Bonchev–Trinajstić information content (AvgIpc) is 2.53. The van der Waals surface area contributed by atoms with Crippen LogP contribution in [0.3, 0.4) is 0 Å². The first-order valence-electron chi connectivity index (χ1n) is 7.41. The van der Waals surface area contributed by atoms with Crippen molar-refractivity contribution in [1.82, 2.24) is 5.32 Å². The van der Waals surface area contributed by atoms with E-state index in [1.165, 1.54) is 5.56 Å². The van der Waals surface area contributed by atoms with Crippen molar-refractivity contribution >= 4 is 23.6 Å². The van der Waals surface area contributed by atoms with Gasteiger partial charge in [-0.15, -0.1) is 0 Å². The molecular formula is C19H20ClNO. The molecule has 0 fully saturated rings. The Balaban J connectivity index is 1.77. The Hall–Kier alpha value is -2.06. The maximum Gasteiger partial charge on any atom is 0.244 e. The molecule has 114 valence electrons. The number of halogens is 1. The van der Waals surface area contributed by atoms with E-state index in [1.54, 1.807) is 12.2 Å². The van der Waals surface area contributed by atoms with Crippen molar-refractivity contribution in [3.8, 4) is 0 Å². The van der Waals surface area contributed by atoms with Crippen LogP contribution in [0.2, 0.25) is 5.02 Å².